The van der Waals surface area contributed by atoms with Crippen molar-refractivity contribution in [3.8, 4) is 0 Å². The first kappa shape index (κ1) is 18.6. The van der Waals surface area contributed by atoms with Crippen LogP contribution in [0.1, 0.15) is 29.6 Å². The lowest BCUT2D eigenvalue weighted by molar-refractivity contribution is 0.298. The molecule has 8 nitrogen and oxygen atoms in total. The first-order valence-electron chi connectivity index (χ1n) is 8.93. The summed E-state index contributed by atoms with van der Waals surface area (Å²) in [6, 6.07) is 5.77. The van der Waals surface area contributed by atoms with Crippen LogP contribution in [0.2, 0.25) is 0 Å². The predicted octanol–water partition coefficient (Wildman–Crippen LogP) is 2.32. The van der Waals surface area contributed by atoms with Crippen molar-refractivity contribution >= 4 is 23.0 Å². The SMILES string of the molecule is [C-]#[N+]c1c(NCCc2cccc(CCO)n2)nc2c(CC)c(C)nn2c1N. The molecule has 0 aliphatic heterocycles. The Labute approximate surface area is 157 Å². The van der Waals surface area contributed by atoms with Crippen LogP contribution in [-0.2, 0) is 19.3 Å². The van der Waals surface area contributed by atoms with E-state index in [1.165, 1.54) is 0 Å². The molecule has 0 atom stereocenters. The van der Waals surface area contributed by atoms with E-state index in [0.717, 1.165) is 29.1 Å². The summed E-state index contributed by atoms with van der Waals surface area (Å²) >= 11 is 0. The zero-order valence-electron chi connectivity index (χ0n) is 15.5. The van der Waals surface area contributed by atoms with E-state index in [1.54, 1.807) is 4.52 Å². The molecule has 0 spiro atoms. The van der Waals surface area contributed by atoms with E-state index in [1.807, 2.05) is 32.0 Å². The van der Waals surface area contributed by atoms with Gasteiger partial charge in [-0.2, -0.15) is 5.10 Å². The second kappa shape index (κ2) is 8.01. The minimum atomic E-state index is 0.0802. The smallest absolute Gasteiger partial charge is 0.268 e. The van der Waals surface area contributed by atoms with Crippen LogP contribution in [0.25, 0.3) is 10.5 Å². The molecule has 0 radical (unpaired) electrons. The highest BCUT2D eigenvalue weighted by molar-refractivity contribution is 5.80. The number of hydrogen-bond donors (Lipinski definition) is 3. The van der Waals surface area contributed by atoms with Gasteiger partial charge in [0.05, 0.1) is 12.3 Å². The van der Waals surface area contributed by atoms with Crippen LogP contribution in [0.4, 0.5) is 17.3 Å². The van der Waals surface area contributed by atoms with Gasteiger partial charge in [-0.1, -0.05) is 13.0 Å². The number of aliphatic hydroxyl groups is 1. The molecule has 0 fully saturated rings. The van der Waals surface area contributed by atoms with Crippen molar-refractivity contribution in [1.29, 1.82) is 0 Å². The van der Waals surface area contributed by atoms with E-state index in [9.17, 15) is 0 Å². The molecular weight excluding hydrogens is 342 g/mol. The highest BCUT2D eigenvalue weighted by Gasteiger charge is 2.18. The van der Waals surface area contributed by atoms with E-state index in [4.69, 9.17) is 17.4 Å². The van der Waals surface area contributed by atoms with Gasteiger partial charge in [0.15, 0.2) is 5.65 Å². The molecule has 8 heteroatoms. The zero-order valence-corrected chi connectivity index (χ0v) is 15.5. The van der Waals surface area contributed by atoms with E-state index in [-0.39, 0.29) is 12.3 Å². The molecule has 0 amide bonds. The molecule has 4 N–H and O–H groups in total. The molecule has 0 aromatic carbocycles. The number of anilines is 2. The Hall–Kier alpha value is -3.18. The largest absolute Gasteiger partial charge is 0.396 e. The minimum Gasteiger partial charge on any atom is -0.396 e. The number of aromatic nitrogens is 4. The highest BCUT2D eigenvalue weighted by Crippen LogP contribution is 2.32. The van der Waals surface area contributed by atoms with E-state index in [2.05, 4.69) is 25.2 Å². The fourth-order valence-corrected chi connectivity index (χ4v) is 3.09. The lowest BCUT2D eigenvalue weighted by atomic mass is 10.2. The van der Waals surface area contributed by atoms with Crippen LogP contribution in [0.15, 0.2) is 18.2 Å². The van der Waals surface area contributed by atoms with Crippen molar-refractivity contribution in [3.63, 3.8) is 0 Å². The Morgan fingerprint density at radius 3 is 2.67 bits per heavy atom. The molecule has 3 heterocycles. The molecule has 3 rings (SSSR count). The fraction of sp³-hybridized carbons (Fsp3) is 0.368. The third kappa shape index (κ3) is 3.68. The molecule has 0 saturated carbocycles. The summed E-state index contributed by atoms with van der Waals surface area (Å²) in [7, 11) is 0. The molecule has 0 aliphatic rings. The van der Waals surface area contributed by atoms with Gasteiger partial charge in [0.2, 0.25) is 0 Å². The maximum atomic E-state index is 9.04. The number of aryl methyl sites for hydroxylation is 2. The number of nitrogens with one attached hydrogen (secondary N) is 1. The van der Waals surface area contributed by atoms with Crippen LogP contribution in [-0.4, -0.2) is 37.8 Å². The molecule has 0 bridgehead atoms. The Bertz CT molecular complexity index is 1000. The number of aliphatic hydroxyl groups excluding tert-OH is 1. The Kier molecular flexibility index (Phi) is 5.52. The van der Waals surface area contributed by atoms with E-state index < -0.39 is 0 Å². The number of hydrogen-bond acceptors (Lipinski definition) is 6. The van der Waals surface area contributed by atoms with Crippen LogP contribution >= 0.6 is 0 Å². The van der Waals surface area contributed by atoms with Crippen molar-refractivity contribution in [2.24, 2.45) is 0 Å². The number of pyridine rings is 1. The van der Waals surface area contributed by atoms with E-state index >= 15 is 0 Å². The fourth-order valence-electron chi connectivity index (χ4n) is 3.09. The number of nitrogens with two attached hydrogens (primary N) is 1. The number of fused-ring (bicyclic) bond motifs is 1. The van der Waals surface area contributed by atoms with Crippen molar-refractivity contribution in [1.82, 2.24) is 19.6 Å². The zero-order chi connectivity index (χ0) is 19.4. The maximum Gasteiger partial charge on any atom is 0.268 e. The van der Waals surface area contributed by atoms with Gasteiger partial charge in [-0.15, -0.1) is 0 Å². The Balaban J connectivity index is 1.84. The number of nitrogen functional groups attached to an aromatic ring is 1. The highest BCUT2D eigenvalue weighted by atomic mass is 16.3. The second-order valence-electron chi connectivity index (χ2n) is 6.23. The normalized spacial score (nSPS) is 10.9. The van der Waals surface area contributed by atoms with Gasteiger partial charge in [0.25, 0.3) is 5.69 Å². The van der Waals surface area contributed by atoms with Crippen molar-refractivity contribution < 1.29 is 5.11 Å². The summed E-state index contributed by atoms with van der Waals surface area (Å²) in [4.78, 5) is 12.7. The van der Waals surface area contributed by atoms with Gasteiger partial charge in [-0.25, -0.2) is 14.3 Å². The summed E-state index contributed by atoms with van der Waals surface area (Å²) < 4.78 is 1.55. The minimum absolute atomic E-state index is 0.0802. The van der Waals surface area contributed by atoms with Crippen LogP contribution in [0.5, 0.6) is 0 Å². The summed E-state index contributed by atoms with van der Waals surface area (Å²) in [6.45, 7) is 12.1. The van der Waals surface area contributed by atoms with Crippen LogP contribution < -0.4 is 11.1 Å². The summed E-state index contributed by atoms with van der Waals surface area (Å²) in [5.74, 6) is 0.763. The molecule has 0 unspecified atom stereocenters. The van der Waals surface area contributed by atoms with E-state index in [0.29, 0.717) is 36.7 Å². The molecule has 27 heavy (non-hydrogen) atoms. The summed E-state index contributed by atoms with van der Waals surface area (Å²) in [6.07, 6.45) is 2.00. The maximum absolute atomic E-state index is 9.04. The Morgan fingerprint density at radius 2 is 2.00 bits per heavy atom. The molecule has 3 aromatic rings. The summed E-state index contributed by atoms with van der Waals surface area (Å²) in [5.41, 5.74) is 10.8. The topological polar surface area (TPSA) is 106 Å². The third-order valence-corrected chi connectivity index (χ3v) is 4.44. The predicted molar refractivity (Wildman–Crippen MR) is 105 cm³/mol. The molecule has 0 saturated heterocycles. The quantitative estimate of drug-likeness (QED) is 0.555. The monoisotopic (exact) mass is 365 g/mol. The Morgan fingerprint density at radius 1 is 1.26 bits per heavy atom. The number of rotatable bonds is 7. The van der Waals surface area contributed by atoms with Crippen LogP contribution in [0, 0.1) is 13.5 Å². The number of nitrogens with zero attached hydrogens (tertiary/aromatic N) is 5. The first-order chi connectivity index (χ1) is 13.1. The average Bonchev–Trinajstić information content (AvgIpc) is 2.98. The van der Waals surface area contributed by atoms with Gasteiger partial charge in [0, 0.05) is 42.9 Å². The lowest BCUT2D eigenvalue weighted by Gasteiger charge is -2.11. The molecular formula is C19H23N7O. The van der Waals surface area contributed by atoms with Crippen molar-refractivity contribution in [3.05, 3.63) is 52.3 Å². The van der Waals surface area contributed by atoms with Gasteiger partial charge in [0.1, 0.15) is 11.6 Å². The van der Waals surface area contributed by atoms with Crippen LogP contribution in [0.3, 0.4) is 0 Å². The second-order valence-corrected chi connectivity index (χ2v) is 6.23. The molecule has 0 aliphatic carbocycles. The van der Waals surface area contributed by atoms with Crippen molar-refractivity contribution in [2.45, 2.75) is 33.1 Å². The van der Waals surface area contributed by atoms with Gasteiger partial charge in [-0.3, -0.25) is 4.98 Å². The van der Waals surface area contributed by atoms with Crippen molar-refractivity contribution in [2.75, 3.05) is 24.2 Å². The molecule has 140 valence electrons. The van der Waals surface area contributed by atoms with Gasteiger partial charge in [-0.05, 0) is 25.5 Å². The van der Waals surface area contributed by atoms with Gasteiger partial charge < -0.3 is 16.2 Å². The standard InChI is InChI=1S/C19H23N7O/c1-4-15-12(2)25-26-17(20)16(21-3)18(24-19(15)26)22-10-8-13-6-5-7-14(23-13)9-11-27/h5-7,27H,4,8-11,20H2,1-2H3,(H,22,24). The first-order valence-corrected chi connectivity index (χ1v) is 8.93. The molecule has 3 aromatic heterocycles. The lowest BCUT2D eigenvalue weighted by Crippen LogP contribution is -2.11. The third-order valence-electron chi connectivity index (χ3n) is 4.44. The average molecular weight is 365 g/mol. The van der Waals surface area contributed by atoms with Gasteiger partial charge >= 0.3 is 0 Å². The summed E-state index contributed by atoms with van der Waals surface area (Å²) in [5, 5.41) is 16.7.